The Balaban J connectivity index is 2.78. The fourth-order valence-electron chi connectivity index (χ4n) is 1.68. The molecule has 0 spiro atoms. The minimum absolute atomic E-state index is 0.180. The molecule has 1 unspecified atom stereocenters. The monoisotopic (exact) mass is 229 g/mol. The van der Waals surface area contributed by atoms with Crippen LogP contribution in [0, 0.1) is 0 Å². The van der Waals surface area contributed by atoms with E-state index in [0.717, 1.165) is 0 Å². The van der Waals surface area contributed by atoms with Crippen molar-refractivity contribution >= 4 is 17.8 Å². The van der Waals surface area contributed by atoms with E-state index in [-0.39, 0.29) is 12.5 Å². The molecule has 0 bridgehead atoms. The molecule has 6 heteroatoms. The molecule has 1 amide bonds. The van der Waals surface area contributed by atoms with E-state index >= 15 is 0 Å². The van der Waals surface area contributed by atoms with Gasteiger partial charge in [0.05, 0.1) is 7.11 Å². The fraction of sp³-hybridized carbons (Fsp3) is 0.700. The largest absolute Gasteiger partial charge is 0.467 e. The predicted octanol–water partition coefficient (Wildman–Crippen LogP) is -0.239. The first-order chi connectivity index (χ1) is 7.50. The van der Waals surface area contributed by atoms with Gasteiger partial charge in [-0.3, -0.25) is 9.59 Å². The second-order valence-corrected chi connectivity index (χ2v) is 3.76. The second-order valence-electron chi connectivity index (χ2n) is 3.76. The van der Waals surface area contributed by atoms with Gasteiger partial charge < -0.3 is 14.8 Å². The fourth-order valence-corrected chi connectivity index (χ4v) is 1.68. The summed E-state index contributed by atoms with van der Waals surface area (Å²) < 4.78 is 9.43. The topological polar surface area (TPSA) is 81.7 Å². The number of piperidine rings is 1. The van der Waals surface area contributed by atoms with Crippen LogP contribution < -0.4 is 5.32 Å². The molecular weight excluding hydrogens is 214 g/mol. The Bertz CT molecular complexity index is 314. The first-order valence-corrected chi connectivity index (χ1v) is 5.03. The molecule has 1 saturated heterocycles. The molecule has 6 nitrogen and oxygen atoms in total. The lowest BCUT2D eigenvalue weighted by Gasteiger charge is -2.34. The number of esters is 2. The number of carbonyl (C=O) groups excluding carboxylic acids is 3. The molecule has 1 aliphatic heterocycles. The van der Waals surface area contributed by atoms with Gasteiger partial charge in [0.25, 0.3) is 0 Å². The molecule has 0 aromatic rings. The summed E-state index contributed by atoms with van der Waals surface area (Å²) in [4.78, 5) is 33.6. The van der Waals surface area contributed by atoms with E-state index in [2.05, 4.69) is 10.1 Å². The molecule has 1 fully saturated rings. The van der Waals surface area contributed by atoms with Gasteiger partial charge in [-0.1, -0.05) is 0 Å². The van der Waals surface area contributed by atoms with Crippen LogP contribution in [-0.2, 0) is 23.9 Å². The van der Waals surface area contributed by atoms with E-state index in [1.807, 2.05) is 0 Å². The molecule has 0 aliphatic carbocycles. The highest BCUT2D eigenvalue weighted by molar-refractivity contribution is 5.89. The lowest BCUT2D eigenvalue weighted by Crippen LogP contribution is -2.60. The number of ether oxygens (including phenoxy) is 2. The van der Waals surface area contributed by atoms with Gasteiger partial charge in [0.1, 0.15) is 6.61 Å². The van der Waals surface area contributed by atoms with Gasteiger partial charge in [-0.25, -0.2) is 4.79 Å². The highest BCUT2D eigenvalue weighted by Gasteiger charge is 2.44. The zero-order chi connectivity index (χ0) is 12.2. The molecule has 1 N–H and O–H groups in total. The van der Waals surface area contributed by atoms with Crippen LogP contribution in [0.5, 0.6) is 0 Å². The molecule has 1 atom stereocenters. The van der Waals surface area contributed by atoms with Crippen molar-refractivity contribution in [1.29, 1.82) is 0 Å². The Morgan fingerprint density at radius 1 is 1.50 bits per heavy atom. The van der Waals surface area contributed by atoms with Crippen molar-refractivity contribution in [3.8, 4) is 0 Å². The van der Waals surface area contributed by atoms with Crippen molar-refractivity contribution in [3.05, 3.63) is 0 Å². The lowest BCUT2D eigenvalue weighted by molar-refractivity contribution is -0.160. The standard InChI is InChI=1S/C10H15NO5/c1-7(12)16-6-10(9(14)15-2)5-3-4-8(13)11-10/h3-6H2,1-2H3,(H,11,13). The van der Waals surface area contributed by atoms with Crippen LogP contribution in [0.3, 0.4) is 0 Å². The zero-order valence-electron chi connectivity index (χ0n) is 9.37. The van der Waals surface area contributed by atoms with E-state index in [4.69, 9.17) is 4.74 Å². The lowest BCUT2D eigenvalue weighted by atomic mass is 9.89. The minimum atomic E-state index is -1.21. The highest BCUT2D eigenvalue weighted by atomic mass is 16.5. The van der Waals surface area contributed by atoms with Gasteiger partial charge in [0.2, 0.25) is 5.91 Å². The van der Waals surface area contributed by atoms with Crippen molar-refractivity contribution in [3.63, 3.8) is 0 Å². The first kappa shape index (κ1) is 12.5. The van der Waals surface area contributed by atoms with Gasteiger partial charge in [-0.2, -0.15) is 0 Å². The van der Waals surface area contributed by atoms with Crippen LogP contribution in [0.25, 0.3) is 0 Å². The summed E-state index contributed by atoms with van der Waals surface area (Å²) in [7, 11) is 1.23. The highest BCUT2D eigenvalue weighted by Crippen LogP contribution is 2.22. The molecule has 0 saturated carbocycles. The summed E-state index contributed by atoms with van der Waals surface area (Å²) in [6.07, 6.45) is 1.36. The Labute approximate surface area is 93.3 Å². The third-order valence-corrected chi connectivity index (χ3v) is 2.48. The molecule has 1 rings (SSSR count). The number of hydrogen-bond donors (Lipinski definition) is 1. The van der Waals surface area contributed by atoms with Crippen molar-refractivity contribution in [1.82, 2.24) is 5.32 Å². The first-order valence-electron chi connectivity index (χ1n) is 5.03. The maximum Gasteiger partial charge on any atom is 0.335 e. The maximum atomic E-state index is 11.6. The van der Waals surface area contributed by atoms with E-state index in [9.17, 15) is 14.4 Å². The van der Waals surface area contributed by atoms with E-state index in [1.54, 1.807) is 0 Å². The minimum Gasteiger partial charge on any atom is -0.467 e. The molecule has 0 aromatic carbocycles. The molecular formula is C10H15NO5. The third-order valence-electron chi connectivity index (χ3n) is 2.48. The van der Waals surface area contributed by atoms with Crippen molar-refractivity contribution in [2.75, 3.05) is 13.7 Å². The van der Waals surface area contributed by atoms with Crippen molar-refractivity contribution in [2.45, 2.75) is 31.7 Å². The number of rotatable bonds is 3. The van der Waals surface area contributed by atoms with E-state index in [0.29, 0.717) is 19.3 Å². The number of amides is 1. The van der Waals surface area contributed by atoms with Crippen LogP contribution in [-0.4, -0.2) is 37.1 Å². The van der Waals surface area contributed by atoms with Crippen LogP contribution in [0.2, 0.25) is 0 Å². The number of methoxy groups -OCH3 is 1. The second kappa shape index (κ2) is 4.96. The van der Waals surface area contributed by atoms with E-state index in [1.165, 1.54) is 14.0 Å². The molecule has 1 heterocycles. The number of carbonyl (C=O) groups is 3. The van der Waals surface area contributed by atoms with Crippen LogP contribution in [0.4, 0.5) is 0 Å². The molecule has 0 aromatic heterocycles. The summed E-state index contributed by atoms with van der Waals surface area (Å²) in [5.41, 5.74) is -1.21. The van der Waals surface area contributed by atoms with Gasteiger partial charge in [0, 0.05) is 13.3 Å². The van der Waals surface area contributed by atoms with Gasteiger partial charge in [0.15, 0.2) is 5.54 Å². The van der Waals surface area contributed by atoms with Gasteiger partial charge in [-0.05, 0) is 12.8 Å². The van der Waals surface area contributed by atoms with Gasteiger partial charge in [-0.15, -0.1) is 0 Å². The summed E-state index contributed by atoms with van der Waals surface area (Å²) in [5.74, 6) is -1.31. The summed E-state index contributed by atoms with van der Waals surface area (Å²) >= 11 is 0. The molecule has 1 aliphatic rings. The Kier molecular flexibility index (Phi) is 3.87. The van der Waals surface area contributed by atoms with Gasteiger partial charge >= 0.3 is 11.9 Å². The Hall–Kier alpha value is -1.59. The average molecular weight is 229 g/mol. The van der Waals surface area contributed by atoms with Crippen LogP contribution in [0.1, 0.15) is 26.2 Å². The molecule has 0 radical (unpaired) electrons. The number of nitrogens with one attached hydrogen (secondary N) is 1. The summed E-state index contributed by atoms with van der Waals surface area (Å²) in [5, 5.41) is 2.55. The molecule has 16 heavy (non-hydrogen) atoms. The number of hydrogen-bond acceptors (Lipinski definition) is 5. The molecule has 90 valence electrons. The van der Waals surface area contributed by atoms with Crippen LogP contribution >= 0.6 is 0 Å². The summed E-state index contributed by atoms with van der Waals surface area (Å²) in [6.45, 7) is 1.07. The average Bonchev–Trinajstić information content (AvgIpc) is 2.25. The van der Waals surface area contributed by atoms with E-state index < -0.39 is 17.5 Å². The third kappa shape index (κ3) is 2.71. The quantitative estimate of drug-likeness (QED) is 0.675. The smallest absolute Gasteiger partial charge is 0.335 e. The zero-order valence-corrected chi connectivity index (χ0v) is 9.37. The van der Waals surface area contributed by atoms with Crippen LogP contribution in [0.15, 0.2) is 0 Å². The summed E-state index contributed by atoms with van der Waals surface area (Å²) in [6, 6.07) is 0. The Morgan fingerprint density at radius 3 is 2.69 bits per heavy atom. The maximum absolute atomic E-state index is 11.6. The normalized spacial score (nSPS) is 24.5. The predicted molar refractivity (Wildman–Crippen MR) is 53.4 cm³/mol. The Morgan fingerprint density at radius 2 is 2.19 bits per heavy atom. The SMILES string of the molecule is COC(=O)C1(COC(C)=O)CCCC(=O)N1. The van der Waals surface area contributed by atoms with Crippen molar-refractivity contribution < 1.29 is 23.9 Å². The van der Waals surface area contributed by atoms with Crippen molar-refractivity contribution in [2.24, 2.45) is 0 Å².